The van der Waals surface area contributed by atoms with E-state index >= 15 is 0 Å². The molecule has 0 saturated heterocycles. The van der Waals surface area contributed by atoms with Gasteiger partial charge in [-0.05, 0) is 26.0 Å². The molecule has 0 spiro atoms. The zero-order chi connectivity index (χ0) is 14.8. The van der Waals surface area contributed by atoms with Gasteiger partial charge in [0.25, 0.3) is 0 Å². The third kappa shape index (κ3) is 3.20. The molecule has 3 rings (SSSR count). The summed E-state index contributed by atoms with van der Waals surface area (Å²) in [5.41, 5.74) is 2.70. The second-order valence-corrected chi connectivity index (χ2v) is 7.09. The lowest BCUT2D eigenvalue weighted by atomic mass is 9.97. The van der Waals surface area contributed by atoms with Crippen LogP contribution in [0.4, 0.5) is 0 Å². The summed E-state index contributed by atoms with van der Waals surface area (Å²) in [7, 11) is 2.04. The average molecular weight is 305 g/mol. The van der Waals surface area contributed by atoms with E-state index in [1.54, 1.807) is 0 Å². The largest absolute Gasteiger partial charge is 0.381 e. The molecular weight excluding hydrogens is 282 g/mol. The molecule has 4 nitrogen and oxygen atoms in total. The van der Waals surface area contributed by atoms with Crippen LogP contribution in [0.15, 0.2) is 18.3 Å². The van der Waals surface area contributed by atoms with E-state index < -0.39 is 0 Å². The van der Waals surface area contributed by atoms with Gasteiger partial charge in [-0.1, -0.05) is 0 Å². The zero-order valence-electron chi connectivity index (χ0n) is 13.0. The Kier molecular flexibility index (Phi) is 4.42. The standard InChI is InChI=1S/C16H23N3OS/c1-4-20-11-14-9-19(10-15-6-5-12(2)21-15)8-13-7-17-18(3)16(13)14/h5-7,14H,4,8-11H2,1-3H3. The molecule has 114 valence electrons. The van der Waals surface area contributed by atoms with Crippen molar-refractivity contribution >= 4 is 11.3 Å². The van der Waals surface area contributed by atoms with Crippen molar-refractivity contribution < 1.29 is 4.74 Å². The fourth-order valence-corrected chi connectivity index (χ4v) is 4.08. The molecular formula is C16H23N3OS. The summed E-state index contributed by atoms with van der Waals surface area (Å²) in [5.74, 6) is 0.419. The molecule has 0 saturated carbocycles. The average Bonchev–Trinajstić information content (AvgIpc) is 3.03. The lowest BCUT2D eigenvalue weighted by Gasteiger charge is -2.32. The van der Waals surface area contributed by atoms with Gasteiger partial charge in [0.1, 0.15) is 0 Å². The molecule has 0 fully saturated rings. The quantitative estimate of drug-likeness (QED) is 0.851. The normalized spacial score (nSPS) is 18.9. The van der Waals surface area contributed by atoms with Crippen LogP contribution in [0, 0.1) is 6.92 Å². The van der Waals surface area contributed by atoms with E-state index in [4.69, 9.17) is 4.74 Å². The molecule has 1 aliphatic heterocycles. The molecule has 2 aromatic heterocycles. The Bertz CT molecular complexity index is 604. The summed E-state index contributed by atoms with van der Waals surface area (Å²) in [4.78, 5) is 5.34. The monoisotopic (exact) mass is 305 g/mol. The fourth-order valence-electron chi connectivity index (χ4n) is 3.15. The molecule has 5 heteroatoms. The minimum atomic E-state index is 0.419. The molecule has 21 heavy (non-hydrogen) atoms. The van der Waals surface area contributed by atoms with E-state index in [0.717, 1.165) is 32.8 Å². The van der Waals surface area contributed by atoms with Gasteiger partial charge in [0.05, 0.1) is 12.8 Å². The van der Waals surface area contributed by atoms with Crippen molar-refractivity contribution in [2.75, 3.05) is 19.8 Å². The Morgan fingerprint density at radius 3 is 3.00 bits per heavy atom. The lowest BCUT2D eigenvalue weighted by Crippen LogP contribution is -2.35. The predicted octanol–water partition coefficient (Wildman–Crippen LogP) is 2.93. The molecule has 2 aromatic rings. The molecule has 0 amide bonds. The van der Waals surface area contributed by atoms with Gasteiger partial charge in [0, 0.05) is 60.2 Å². The summed E-state index contributed by atoms with van der Waals surface area (Å²) in [6.45, 7) is 8.83. The van der Waals surface area contributed by atoms with E-state index in [2.05, 4.69) is 36.0 Å². The molecule has 1 aliphatic rings. The topological polar surface area (TPSA) is 30.3 Å². The highest BCUT2D eigenvalue weighted by atomic mass is 32.1. The molecule has 0 aromatic carbocycles. The van der Waals surface area contributed by atoms with Crippen molar-refractivity contribution in [3.05, 3.63) is 39.3 Å². The molecule has 1 atom stereocenters. The van der Waals surface area contributed by atoms with Crippen molar-refractivity contribution in [3.8, 4) is 0 Å². The van der Waals surface area contributed by atoms with Crippen LogP contribution in [0.3, 0.4) is 0 Å². The number of rotatable bonds is 5. The van der Waals surface area contributed by atoms with E-state index in [0.29, 0.717) is 5.92 Å². The first-order chi connectivity index (χ1) is 10.2. The summed E-state index contributed by atoms with van der Waals surface area (Å²) in [6, 6.07) is 4.45. The van der Waals surface area contributed by atoms with Crippen LogP contribution in [0.1, 0.15) is 33.9 Å². The molecule has 0 aliphatic carbocycles. The number of hydrogen-bond acceptors (Lipinski definition) is 4. The lowest BCUT2D eigenvalue weighted by molar-refractivity contribution is 0.103. The van der Waals surface area contributed by atoms with Crippen LogP contribution in [0.5, 0.6) is 0 Å². The Labute approximate surface area is 130 Å². The van der Waals surface area contributed by atoms with Crippen LogP contribution in [0.2, 0.25) is 0 Å². The maximum Gasteiger partial charge on any atom is 0.0562 e. The van der Waals surface area contributed by atoms with Gasteiger partial charge in [-0.3, -0.25) is 9.58 Å². The Hall–Kier alpha value is -1.17. The summed E-state index contributed by atoms with van der Waals surface area (Å²) in [5, 5.41) is 4.44. The van der Waals surface area contributed by atoms with Crippen molar-refractivity contribution in [2.45, 2.75) is 32.9 Å². The van der Waals surface area contributed by atoms with Gasteiger partial charge >= 0.3 is 0 Å². The summed E-state index contributed by atoms with van der Waals surface area (Å²) < 4.78 is 7.71. The van der Waals surface area contributed by atoms with E-state index in [-0.39, 0.29) is 0 Å². The maximum absolute atomic E-state index is 5.69. The van der Waals surface area contributed by atoms with Crippen molar-refractivity contribution in [2.24, 2.45) is 7.05 Å². The maximum atomic E-state index is 5.69. The van der Waals surface area contributed by atoms with Gasteiger partial charge in [-0.15, -0.1) is 11.3 Å². The highest BCUT2D eigenvalue weighted by molar-refractivity contribution is 7.11. The number of aromatic nitrogens is 2. The Morgan fingerprint density at radius 1 is 1.43 bits per heavy atom. The van der Waals surface area contributed by atoms with Crippen LogP contribution < -0.4 is 0 Å². The number of thiophene rings is 1. The van der Waals surface area contributed by atoms with Crippen molar-refractivity contribution in [1.29, 1.82) is 0 Å². The van der Waals surface area contributed by atoms with Crippen LogP contribution in [-0.4, -0.2) is 34.4 Å². The molecule has 0 bridgehead atoms. The molecule has 0 N–H and O–H groups in total. The smallest absolute Gasteiger partial charge is 0.0562 e. The van der Waals surface area contributed by atoms with Gasteiger partial charge in [0.2, 0.25) is 0 Å². The predicted molar refractivity (Wildman–Crippen MR) is 85.6 cm³/mol. The highest BCUT2D eigenvalue weighted by Gasteiger charge is 2.28. The van der Waals surface area contributed by atoms with Crippen molar-refractivity contribution in [3.63, 3.8) is 0 Å². The van der Waals surface area contributed by atoms with Crippen LogP contribution >= 0.6 is 11.3 Å². The molecule has 1 unspecified atom stereocenters. The fraction of sp³-hybridized carbons (Fsp3) is 0.562. The first-order valence-corrected chi connectivity index (χ1v) is 8.35. The van der Waals surface area contributed by atoms with E-state index in [1.165, 1.54) is 21.0 Å². The summed E-state index contributed by atoms with van der Waals surface area (Å²) >= 11 is 1.89. The Morgan fingerprint density at radius 2 is 2.29 bits per heavy atom. The second kappa shape index (κ2) is 6.30. The van der Waals surface area contributed by atoms with Crippen LogP contribution in [0.25, 0.3) is 0 Å². The van der Waals surface area contributed by atoms with Gasteiger partial charge in [0.15, 0.2) is 0 Å². The minimum absolute atomic E-state index is 0.419. The highest BCUT2D eigenvalue weighted by Crippen LogP contribution is 2.30. The molecule has 3 heterocycles. The summed E-state index contributed by atoms with van der Waals surface area (Å²) in [6.07, 6.45) is 2.01. The number of hydrogen-bond donors (Lipinski definition) is 0. The zero-order valence-corrected chi connectivity index (χ0v) is 13.8. The number of nitrogens with zero attached hydrogens (tertiary/aromatic N) is 3. The first kappa shape index (κ1) is 14.8. The van der Waals surface area contributed by atoms with E-state index in [9.17, 15) is 0 Å². The Balaban J connectivity index is 1.76. The van der Waals surface area contributed by atoms with Gasteiger partial charge < -0.3 is 4.74 Å². The minimum Gasteiger partial charge on any atom is -0.381 e. The number of fused-ring (bicyclic) bond motifs is 1. The van der Waals surface area contributed by atoms with Gasteiger partial charge in [-0.25, -0.2) is 0 Å². The first-order valence-electron chi connectivity index (χ1n) is 7.53. The number of ether oxygens (including phenoxy) is 1. The van der Waals surface area contributed by atoms with Crippen LogP contribution in [-0.2, 0) is 24.9 Å². The third-order valence-electron chi connectivity index (χ3n) is 4.02. The van der Waals surface area contributed by atoms with Gasteiger partial charge in [-0.2, -0.15) is 5.10 Å². The van der Waals surface area contributed by atoms with E-state index in [1.807, 2.05) is 29.3 Å². The third-order valence-corrected chi connectivity index (χ3v) is 5.01. The molecule has 0 radical (unpaired) electrons. The number of aryl methyl sites for hydroxylation is 2. The van der Waals surface area contributed by atoms with Crippen molar-refractivity contribution in [1.82, 2.24) is 14.7 Å². The second-order valence-electron chi connectivity index (χ2n) is 5.72. The SMILES string of the molecule is CCOCC1CN(Cc2ccc(C)s2)Cc2cnn(C)c21.